The van der Waals surface area contributed by atoms with Crippen LogP contribution in [0, 0.1) is 6.92 Å². The van der Waals surface area contributed by atoms with Gasteiger partial charge in [-0.1, -0.05) is 0 Å². The van der Waals surface area contributed by atoms with E-state index in [9.17, 15) is 4.79 Å². The van der Waals surface area contributed by atoms with Gasteiger partial charge < -0.3 is 4.90 Å². The molecule has 13 heavy (non-hydrogen) atoms. The molecular weight excluding hydrogens is 166 g/mol. The molecule has 0 bridgehead atoms. The first-order valence-electron chi connectivity index (χ1n) is 4.50. The molecule has 0 aromatic carbocycles. The minimum atomic E-state index is -0.00523. The lowest BCUT2D eigenvalue weighted by atomic mass is 10.3. The van der Waals surface area contributed by atoms with Crippen molar-refractivity contribution in [3.8, 4) is 0 Å². The summed E-state index contributed by atoms with van der Waals surface area (Å²) < 4.78 is 0. The zero-order chi connectivity index (χ0) is 9.84. The summed E-state index contributed by atoms with van der Waals surface area (Å²) in [7, 11) is 0. The van der Waals surface area contributed by atoms with Gasteiger partial charge in [0.15, 0.2) is 0 Å². The van der Waals surface area contributed by atoms with E-state index < -0.39 is 0 Å². The quantitative estimate of drug-likeness (QED) is 0.761. The topological polar surface area (TPSA) is 49.0 Å². The Hall–Kier alpha value is -1.32. The maximum atomic E-state index is 11.7. The van der Waals surface area contributed by atoms with E-state index in [0.717, 1.165) is 18.8 Å². The van der Waals surface area contributed by atoms with Crippen LogP contribution >= 0.6 is 0 Å². The van der Waals surface area contributed by atoms with Gasteiger partial charge in [-0.2, -0.15) is 5.10 Å². The molecule has 1 aromatic rings. The van der Waals surface area contributed by atoms with Gasteiger partial charge in [-0.15, -0.1) is 0 Å². The molecule has 1 amide bonds. The van der Waals surface area contributed by atoms with Gasteiger partial charge in [-0.25, -0.2) is 0 Å². The van der Waals surface area contributed by atoms with Crippen molar-refractivity contribution < 1.29 is 4.79 Å². The largest absolute Gasteiger partial charge is 0.338 e. The number of aromatic nitrogens is 2. The van der Waals surface area contributed by atoms with E-state index in [1.807, 2.05) is 20.8 Å². The maximum Gasteiger partial charge on any atom is 0.274 e. The van der Waals surface area contributed by atoms with Crippen LogP contribution in [0.1, 0.15) is 30.0 Å². The molecule has 4 heteroatoms. The molecule has 0 aliphatic rings. The lowest BCUT2D eigenvalue weighted by Crippen LogP contribution is -2.30. The average molecular weight is 181 g/mol. The second-order valence-electron chi connectivity index (χ2n) is 2.91. The number of nitrogens with zero attached hydrogens (tertiary/aromatic N) is 2. The Labute approximate surface area is 77.9 Å². The van der Waals surface area contributed by atoms with E-state index in [2.05, 4.69) is 10.2 Å². The number of hydrogen-bond acceptors (Lipinski definition) is 2. The minimum Gasteiger partial charge on any atom is -0.338 e. The predicted octanol–water partition coefficient (Wildman–Crippen LogP) is 1.20. The summed E-state index contributed by atoms with van der Waals surface area (Å²) in [5.41, 5.74) is 1.41. The Bertz CT molecular complexity index is 289. The SMILES string of the molecule is CCN(CC)C(=O)c1cc(C)[nH]n1. The van der Waals surface area contributed by atoms with E-state index in [4.69, 9.17) is 0 Å². The Balaban J connectivity index is 2.78. The molecule has 0 saturated heterocycles. The minimum absolute atomic E-state index is 0.00523. The van der Waals surface area contributed by atoms with Crippen molar-refractivity contribution in [3.05, 3.63) is 17.5 Å². The molecule has 0 unspecified atom stereocenters. The normalized spacial score (nSPS) is 10.1. The van der Waals surface area contributed by atoms with Crippen LogP contribution in [0.2, 0.25) is 0 Å². The molecule has 72 valence electrons. The number of nitrogens with one attached hydrogen (secondary N) is 1. The van der Waals surface area contributed by atoms with Crippen LogP contribution in [-0.4, -0.2) is 34.1 Å². The standard InChI is InChI=1S/C9H15N3O/c1-4-12(5-2)9(13)8-6-7(3)10-11-8/h6H,4-5H2,1-3H3,(H,10,11). The summed E-state index contributed by atoms with van der Waals surface area (Å²) in [6.07, 6.45) is 0. The van der Waals surface area contributed by atoms with Gasteiger partial charge in [0.05, 0.1) is 0 Å². The van der Waals surface area contributed by atoms with Crippen molar-refractivity contribution in [1.82, 2.24) is 15.1 Å². The lowest BCUT2D eigenvalue weighted by Gasteiger charge is -2.16. The molecule has 0 fully saturated rings. The summed E-state index contributed by atoms with van der Waals surface area (Å²) in [6, 6.07) is 1.76. The van der Waals surface area contributed by atoms with Gasteiger partial charge in [0.2, 0.25) is 0 Å². The number of rotatable bonds is 3. The Kier molecular flexibility index (Phi) is 3.06. The van der Waals surface area contributed by atoms with Crippen LogP contribution in [0.4, 0.5) is 0 Å². The highest BCUT2D eigenvalue weighted by molar-refractivity contribution is 5.92. The maximum absolute atomic E-state index is 11.7. The van der Waals surface area contributed by atoms with E-state index in [1.54, 1.807) is 11.0 Å². The number of aromatic amines is 1. The number of carbonyl (C=O) groups is 1. The highest BCUT2D eigenvalue weighted by Crippen LogP contribution is 2.02. The van der Waals surface area contributed by atoms with Gasteiger partial charge >= 0.3 is 0 Å². The molecule has 0 aliphatic heterocycles. The number of carbonyl (C=O) groups excluding carboxylic acids is 1. The van der Waals surface area contributed by atoms with Crippen molar-refractivity contribution in [2.75, 3.05) is 13.1 Å². The van der Waals surface area contributed by atoms with Crippen LogP contribution in [0.5, 0.6) is 0 Å². The summed E-state index contributed by atoms with van der Waals surface area (Å²) >= 11 is 0. The molecule has 0 atom stereocenters. The lowest BCUT2D eigenvalue weighted by molar-refractivity contribution is 0.0767. The van der Waals surface area contributed by atoms with Crippen LogP contribution in [0.3, 0.4) is 0 Å². The molecule has 1 rings (SSSR count). The van der Waals surface area contributed by atoms with Gasteiger partial charge in [-0.05, 0) is 26.8 Å². The third-order valence-corrected chi connectivity index (χ3v) is 1.98. The van der Waals surface area contributed by atoms with Crippen LogP contribution in [-0.2, 0) is 0 Å². The first-order valence-corrected chi connectivity index (χ1v) is 4.50. The molecule has 0 aliphatic carbocycles. The van der Waals surface area contributed by atoms with Crippen molar-refractivity contribution >= 4 is 5.91 Å². The first-order chi connectivity index (χ1) is 6.19. The van der Waals surface area contributed by atoms with Gasteiger partial charge in [-0.3, -0.25) is 9.89 Å². The Morgan fingerprint density at radius 1 is 1.54 bits per heavy atom. The van der Waals surface area contributed by atoms with Crippen LogP contribution < -0.4 is 0 Å². The van der Waals surface area contributed by atoms with E-state index in [-0.39, 0.29) is 5.91 Å². The predicted molar refractivity (Wildman–Crippen MR) is 50.6 cm³/mol. The van der Waals surface area contributed by atoms with E-state index >= 15 is 0 Å². The molecule has 1 N–H and O–H groups in total. The molecule has 0 saturated carbocycles. The van der Waals surface area contributed by atoms with Gasteiger partial charge in [0.25, 0.3) is 5.91 Å². The number of hydrogen-bond donors (Lipinski definition) is 1. The molecule has 0 spiro atoms. The Morgan fingerprint density at radius 3 is 2.54 bits per heavy atom. The second kappa shape index (κ2) is 4.07. The van der Waals surface area contributed by atoms with Crippen LogP contribution in [0.25, 0.3) is 0 Å². The van der Waals surface area contributed by atoms with Crippen molar-refractivity contribution in [3.63, 3.8) is 0 Å². The third-order valence-electron chi connectivity index (χ3n) is 1.98. The summed E-state index contributed by atoms with van der Waals surface area (Å²) in [5.74, 6) is -0.00523. The van der Waals surface area contributed by atoms with Crippen molar-refractivity contribution in [1.29, 1.82) is 0 Å². The highest BCUT2D eigenvalue weighted by atomic mass is 16.2. The number of aryl methyl sites for hydroxylation is 1. The zero-order valence-electron chi connectivity index (χ0n) is 8.29. The molecular formula is C9H15N3O. The van der Waals surface area contributed by atoms with E-state index in [1.165, 1.54) is 0 Å². The first kappa shape index (κ1) is 9.77. The molecule has 0 radical (unpaired) electrons. The molecule has 1 heterocycles. The summed E-state index contributed by atoms with van der Waals surface area (Å²) in [6.45, 7) is 7.25. The second-order valence-corrected chi connectivity index (χ2v) is 2.91. The smallest absolute Gasteiger partial charge is 0.274 e. The highest BCUT2D eigenvalue weighted by Gasteiger charge is 2.14. The monoisotopic (exact) mass is 181 g/mol. The fourth-order valence-corrected chi connectivity index (χ4v) is 1.20. The zero-order valence-corrected chi connectivity index (χ0v) is 8.29. The van der Waals surface area contributed by atoms with E-state index in [0.29, 0.717) is 5.69 Å². The summed E-state index contributed by atoms with van der Waals surface area (Å²) in [4.78, 5) is 13.4. The third kappa shape index (κ3) is 2.08. The number of H-pyrrole nitrogens is 1. The Morgan fingerprint density at radius 2 is 2.15 bits per heavy atom. The average Bonchev–Trinajstić information content (AvgIpc) is 2.54. The summed E-state index contributed by atoms with van der Waals surface area (Å²) in [5, 5.41) is 6.67. The fraction of sp³-hybridized carbons (Fsp3) is 0.556. The number of amides is 1. The molecule has 1 aromatic heterocycles. The van der Waals surface area contributed by atoms with Crippen molar-refractivity contribution in [2.24, 2.45) is 0 Å². The van der Waals surface area contributed by atoms with Crippen LogP contribution in [0.15, 0.2) is 6.07 Å². The van der Waals surface area contributed by atoms with Gasteiger partial charge in [0, 0.05) is 18.8 Å². The van der Waals surface area contributed by atoms with Gasteiger partial charge in [0.1, 0.15) is 5.69 Å². The molecule has 4 nitrogen and oxygen atoms in total. The van der Waals surface area contributed by atoms with Crippen molar-refractivity contribution in [2.45, 2.75) is 20.8 Å². The fourth-order valence-electron chi connectivity index (χ4n) is 1.20.